The van der Waals surface area contributed by atoms with E-state index in [1.807, 2.05) is 24.3 Å². The molecule has 3 heteroatoms. The molecule has 19 heavy (non-hydrogen) atoms. The minimum atomic E-state index is -0.143. The summed E-state index contributed by atoms with van der Waals surface area (Å²) in [6.07, 6.45) is 5.18. The molecule has 1 N–H and O–H groups in total. The van der Waals surface area contributed by atoms with E-state index in [0.29, 0.717) is 6.42 Å². The van der Waals surface area contributed by atoms with Gasteiger partial charge in [-0.05, 0) is 47.9 Å². The zero-order valence-corrected chi connectivity index (χ0v) is 11.2. The molecule has 0 aliphatic heterocycles. The van der Waals surface area contributed by atoms with Crippen LogP contribution in [-0.2, 0) is 13.0 Å². The number of benzene rings is 1. The van der Waals surface area contributed by atoms with Crippen LogP contribution in [0.2, 0.25) is 0 Å². The first-order valence-corrected chi connectivity index (χ1v) is 6.66. The average Bonchev–Trinajstić information content (AvgIpc) is 2.44. The van der Waals surface area contributed by atoms with Gasteiger partial charge in [-0.25, -0.2) is 4.39 Å². The zero-order valence-electron chi connectivity index (χ0n) is 11.2. The summed E-state index contributed by atoms with van der Waals surface area (Å²) in [5, 5.41) is 3.33. The monoisotopic (exact) mass is 258 g/mol. The summed E-state index contributed by atoms with van der Waals surface area (Å²) in [4.78, 5) is 3.97. The van der Waals surface area contributed by atoms with Crippen molar-refractivity contribution >= 4 is 0 Å². The second-order valence-electron chi connectivity index (χ2n) is 4.63. The predicted molar refractivity (Wildman–Crippen MR) is 75.4 cm³/mol. The van der Waals surface area contributed by atoms with Crippen molar-refractivity contribution in [3.8, 4) is 0 Å². The van der Waals surface area contributed by atoms with E-state index in [-0.39, 0.29) is 5.82 Å². The van der Waals surface area contributed by atoms with Crippen molar-refractivity contribution in [1.29, 1.82) is 0 Å². The Bertz CT molecular complexity index is 511. The van der Waals surface area contributed by atoms with Crippen LogP contribution in [0.25, 0.3) is 0 Å². The van der Waals surface area contributed by atoms with Crippen molar-refractivity contribution in [3.63, 3.8) is 0 Å². The molecule has 2 nitrogen and oxygen atoms in total. The van der Waals surface area contributed by atoms with Crippen molar-refractivity contribution in [2.75, 3.05) is 6.54 Å². The lowest BCUT2D eigenvalue weighted by atomic mass is 10.0. The predicted octanol–water partition coefficient (Wildman–Crippen LogP) is 3.31. The molecule has 0 aliphatic carbocycles. The molecule has 0 atom stereocenters. The Balaban J connectivity index is 2.09. The smallest absolute Gasteiger partial charge is 0.126 e. The second-order valence-corrected chi connectivity index (χ2v) is 4.63. The molecule has 1 heterocycles. The van der Waals surface area contributed by atoms with Crippen molar-refractivity contribution in [1.82, 2.24) is 10.3 Å². The van der Waals surface area contributed by atoms with E-state index in [1.165, 1.54) is 0 Å². The van der Waals surface area contributed by atoms with Gasteiger partial charge in [-0.1, -0.05) is 19.1 Å². The molecule has 0 aliphatic rings. The van der Waals surface area contributed by atoms with E-state index in [2.05, 4.69) is 17.2 Å². The lowest BCUT2D eigenvalue weighted by Crippen LogP contribution is -2.14. The molecule has 1 aromatic heterocycles. The van der Waals surface area contributed by atoms with Crippen LogP contribution in [0.4, 0.5) is 4.39 Å². The summed E-state index contributed by atoms with van der Waals surface area (Å²) in [5.41, 5.74) is 2.94. The maximum absolute atomic E-state index is 13.8. The van der Waals surface area contributed by atoms with Gasteiger partial charge in [0.25, 0.3) is 0 Å². The SMILES string of the molecule is CCCNCc1ccc(F)c(Cc2ccncc2)c1. The number of hydrogen-bond acceptors (Lipinski definition) is 2. The fourth-order valence-corrected chi connectivity index (χ4v) is 2.00. The van der Waals surface area contributed by atoms with Gasteiger partial charge in [-0.15, -0.1) is 0 Å². The van der Waals surface area contributed by atoms with Crippen molar-refractivity contribution in [2.24, 2.45) is 0 Å². The molecule has 1 aromatic carbocycles. The Morgan fingerprint density at radius 1 is 1.11 bits per heavy atom. The van der Waals surface area contributed by atoms with E-state index in [1.54, 1.807) is 18.5 Å². The largest absolute Gasteiger partial charge is 0.313 e. The van der Waals surface area contributed by atoms with Crippen LogP contribution in [0.1, 0.15) is 30.0 Å². The summed E-state index contributed by atoms with van der Waals surface area (Å²) in [5.74, 6) is -0.143. The van der Waals surface area contributed by atoms with Crippen LogP contribution in [0.15, 0.2) is 42.7 Å². The summed E-state index contributed by atoms with van der Waals surface area (Å²) in [6, 6.07) is 9.18. The lowest BCUT2D eigenvalue weighted by molar-refractivity contribution is 0.610. The highest BCUT2D eigenvalue weighted by molar-refractivity contribution is 5.30. The first-order valence-electron chi connectivity index (χ1n) is 6.66. The third kappa shape index (κ3) is 4.14. The van der Waals surface area contributed by atoms with E-state index < -0.39 is 0 Å². The topological polar surface area (TPSA) is 24.9 Å². The van der Waals surface area contributed by atoms with Crippen LogP contribution in [0.5, 0.6) is 0 Å². The minimum Gasteiger partial charge on any atom is -0.313 e. The van der Waals surface area contributed by atoms with Crippen molar-refractivity contribution in [2.45, 2.75) is 26.3 Å². The maximum atomic E-state index is 13.8. The van der Waals surface area contributed by atoms with Crippen LogP contribution >= 0.6 is 0 Å². The number of halogens is 1. The van der Waals surface area contributed by atoms with Crippen molar-refractivity contribution in [3.05, 3.63) is 65.2 Å². The molecule has 2 rings (SSSR count). The van der Waals surface area contributed by atoms with E-state index >= 15 is 0 Å². The molecular weight excluding hydrogens is 239 g/mol. The normalized spacial score (nSPS) is 10.6. The second kappa shape index (κ2) is 7.00. The molecule has 2 aromatic rings. The Morgan fingerprint density at radius 2 is 1.89 bits per heavy atom. The van der Waals surface area contributed by atoms with Gasteiger partial charge in [0.2, 0.25) is 0 Å². The van der Waals surface area contributed by atoms with Gasteiger partial charge in [0, 0.05) is 25.4 Å². The van der Waals surface area contributed by atoms with Gasteiger partial charge in [0.1, 0.15) is 5.82 Å². The molecule has 100 valence electrons. The summed E-state index contributed by atoms with van der Waals surface area (Å²) in [6.45, 7) is 3.90. The molecule has 0 radical (unpaired) electrons. The first kappa shape index (κ1) is 13.7. The van der Waals surface area contributed by atoms with Gasteiger partial charge < -0.3 is 5.32 Å². The molecule has 0 saturated heterocycles. The number of hydrogen-bond donors (Lipinski definition) is 1. The molecule has 0 fully saturated rings. The standard InChI is InChI=1S/C16H19FN2/c1-2-7-19-12-14-3-4-16(17)15(11-14)10-13-5-8-18-9-6-13/h3-6,8-9,11,19H,2,7,10,12H2,1H3. The average molecular weight is 258 g/mol. The number of rotatable bonds is 6. The van der Waals surface area contributed by atoms with E-state index in [9.17, 15) is 4.39 Å². The third-order valence-corrected chi connectivity index (χ3v) is 3.01. The zero-order chi connectivity index (χ0) is 13.5. The Kier molecular flexibility index (Phi) is 5.04. The summed E-state index contributed by atoms with van der Waals surface area (Å²) < 4.78 is 13.8. The number of nitrogens with zero attached hydrogens (tertiary/aromatic N) is 1. The molecule has 0 bridgehead atoms. The molecular formula is C16H19FN2. The molecule has 0 unspecified atom stereocenters. The highest BCUT2D eigenvalue weighted by Crippen LogP contribution is 2.15. The third-order valence-electron chi connectivity index (χ3n) is 3.01. The van der Waals surface area contributed by atoms with Gasteiger partial charge >= 0.3 is 0 Å². The Hall–Kier alpha value is -1.74. The van der Waals surface area contributed by atoms with Crippen molar-refractivity contribution < 1.29 is 4.39 Å². The lowest BCUT2D eigenvalue weighted by Gasteiger charge is -2.08. The summed E-state index contributed by atoms with van der Waals surface area (Å²) >= 11 is 0. The first-order chi connectivity index (χ1) is 9.29. The van der Waals surface area contributed by atoms with Crippen LogP contribution in [0, 0.1) is 5.82 Å². The number of pyridine rings is 1. The number of nitrogens with one attached hydrogen (secondary N) is 1. The Labute approximate surface area is 113 Å². The van der Waals surface area contributed by atoms with Crippen LogP contribution in [0.3, 0.4) is 0 Å². The highest BCUT2D eigenvalue weighted by atomic mass is 19.1. The van der Waals surface area contributed by atoms with E-state index in [4.69, 9.17) is 0 Å². The Morgan fingerprint density at radius 3 is 2.63 bits per heavy atom. The van der Waals surface area contributed by atoms with E-state index in [0.717, 1.165) is 36.2 Å². The molecule has 0 amide bonds. The quantitative estimate of drug-likeness (QED) is 0.804. The van der Waals surface area contributed by atoms with Gasteiger partial charge in [0.15, 0.2) is 0 Å². The maximum Gasteiger partial charge on any atom is 0.126 e. The fourth-order valence-electron chi connectivity index (χ4n) is 2.00. The van der Waals surface area contributed by atoms with Gasteiger partial charge in [-0.2, -0.15) is 0 Å². The van der Waals surface area contributed by atoms with Gasteiger partial charge in [-0.3, -0.25) is 4.98 Å². The minimum absolute atomic E-state index is 0.143. The fraction of sp³-hybridized carbons (Fsp3) is 0.312. The molecule has 0 spiro atoms. The van der Waals surface area contributed by atoms with Crippen LogP contribution < -0.4 is 5.32 Å². The summed E-state index contributed by atoms with van der Waals surface area (Å²) in [7, 11) is 0. The molecule has 0 saturated carbocycles. The van der Waals surface area contributed by atoms with Crippen LogP contribution in [-0.4, -0.2) is 11.5 Å². The van der Waals surface area contributed by atoms with Gasteiger partial charge in [0.05, 0.1) is 0 Å². The number of aromatic nitrogens is 1. The highest BCUT2D eigenvalue weighted by Gasteiger charge is 2.05.